The van der Waals surface area contributed by atoms with Crippen LogP contribution in [0.3, 0.4) is 0 Å². The Kier molecular flexibility index (Phi) is 3.41. The fraction of sp³-hybridized carbons (Fsp3) is 0.600. The Bertz CT molecular complexity index is 415. The van der Waals surface area contributed by atoms with Crippen LogP contribution < -0.4 is 15.0 Å². The molecule has 2 aliphatic rings. The maximum atomic E-state index is 5.65. The van der Waals surface area contributed by atoms with Gasteiger partial charge in [0.25, 0.3) is 0 Å². The van der Waals surface area contributed by atoms with Gasteiger partial charge in [0.2, 0.25) is 0 Å². The number of nitrogens with zero attached hydrogens (tertiary/aromatic N) is 1. The summed E-state index contributed by atoms with van der Waals surface area (Å²) in [5.74, 6) is 1.08. The Morgan fingerprint density at radius 2 is 2.28 bits per heavy atom. The second kappa shape index (κ2) is 5.19. The maximum absolute atomic E-state index is 5.65. The van der Waals surface area contributed by atoms with Crippen LogP contribution in [0.25, 0.3) is 0 Å². The average molecular weight is 246 g/mol. The minimum Gasteiger partial charge on any atom is -0.493 e. The van der Waals surface area contributed by atoms with Crippen LogP contribution in [0.4, 0.5) is 5.69 Å². The zero-order valence-corrected chi connectivity index (χ0v) is 11.1. The molecule has 3 rings (SSSR count). The van der Waals surface area contributed by atoms with Crippen LogP contribution in [0.1, 0.15) is 24.8 Å². The summed E-state index contributed by atoms with van der Waals surface area (Å²) in [5.41, 5.74) is 2.66. The number of ether oxygens (including phenoxy) is 1. The maximum Gasteiger partial charge on any atom is 0.122 e. The first-order valence-electron chi connectivity index (χ1n) is 7.03. The van der Waals surface area contributed by atoms with E-state index in [2.05, 4.69) is 35.5 Å². The number of aryl methyl sites for hydroxylation is 1. The van der Waals surface area contributed by atoms with Crippen LogP contribution in [-0.2, 0) is 6.42 Å². The van der Waals surface area contributed by atoms with Crippen molar-refractivity contribution in [2.24, 2.45) is 0 Å². The molecule has 0 spiro atoms. The topological polar surface area (TPSA) is 24.5 Å². The van der Waals surface area contributed by atoms with E-state index in [9.17, 15) is 0 Å². The van der Waals surface area contributed by atoms with E-state index < -0.39 is 0 Å². The Hall–Kier alpha value is -1.22. The molecule has 1 saturated carbocycles. The zero-order valence-electron chi connectivity index (χ0n) is 11.1. The minimum atomic E-state index is 0.801. The van der Waals surface area contributed by atoms with Crippen molar-refractivity contribution in [3.8, 4) is 5.75 Å². The first-order valence-corrected chi connectivity index (χ1v) is 7.03. The lowest BCUT2D eigenvalue weighted by molar-refractivity contribution is 0.288. The number of nitrogens with one attached hydrogen (secondary N) is 1. The fourth-order valence-corrected chi connectivity index (χ4v) is 2.44. The Morgan fingerprint density at radius 1 is 1.39 bits per heavy atom. The Balaban J connectivity index is 1.59. The molecule has 1 aromatic rings. The quantitative estimate of drug-likeness (QED) is 0.862. The Labute approximate surface area is 109 Å². The van der Waals surface area contributed by atoms with Crippen molar-refractivity contribution in [1.82, 2.24) is 5.32 Å². The Morgan fingerprint density at radius 3 is 3.11 bits per heavy atom. The van der Waals surface area contributed by atoms with Gasteiger partial charge in [-0.2, -0.15) is 0 Å². The van der Waals surface area contributed by atoms with Gasteiger partial charge >= 0.3 is 0 Å². The summed E-state index contributed by atoms with van der Waals surface area (Å²) in [4.78, 5) is 2.32. The lowest BCUT2D eigenvalue weighted by atomic mass is 10.1. The predicted octanol–water partition coefficient (Wildman–Crippen LogP) is 2.20. The summed E-state index contributed by atoms with van der Waals surface area (Å²) in [6, 6.07) is 7.37. The highest BCUT2D eigenvalue weighted by Crippen LogP contribution is 2.28. The molecule has 3 nitrogen and oxygen atoms in total. The van der Waals surface area contributed by atoms with Gasteiger partial charge in [0.1, 0.15) is 5.75 Å². The van der Waals surface area contributed by atoms with E-state index in [1.54, 1.807) is 0 Å². The van der Waals surface area contributed by atoms with Crippen molar-refractivity contribution in [3.05, 3.63) is 23.8 Å². The van der Waals surface area contributed by atoms with Crippen molar-refractivity contribution in [2.75, 3.05) is 31.6 Å². The molecule has 1 aliphatic heterocycles. The SMILES string of the molecule is CN(CCNC1CC1)c1ccc2c(c1)CCCO2. The summed E-state index contributed by atoms with van der Waals surface area (Å²) >= 11 is 0. The highest BCUT2D eigenvalue weighted by atomic mass is 16.5. The van der Waals surface area contributed by atoms with E-state index >= 15 is 0 Å². The highest BCUT2D eigenvalue weighted by Gasteiger charge is 2.20. The molecule has 18 heavy (non-hydrogen) atoms. The number of hydrogen-bond acceptors (Lipinski definition) is 3. The van der Waals surface area contributed by atoms with Crippen LogP contribution in [0.2, 0.25) is 0 Å². The van der Waals surface area contributed by atoms with E-state index in [0.717, 1.165) is 44.3 Å². The summed E-state index contributed by atoms with van der Waals surface area (Å²) in [5, 5.41) is 3.55. The van der Waals surface area contributed by atoms with Crippen LogP contribution >= 0.6 is 0 Å². The molecular formula is C15H22N2O. The van der Waals surface area contributed by atoms with Crippen molar-refractivity contribution in [1.29, 1.82) is 0 Å². The summed E-state index contributed by atoms with van der Waals surface area (Å²) in [7, 11) is 2.17. The first kappa shape index (κ1) is 11.8. The molecule has 0 radical (unpaired) electrons. The molecule has 3 heteroatoms. The number of likely N-dealkylation sites (N-methyl/N-ethyl adjacent to an activating group) is 1. The normalized spacial score (nSPS) is 18.1. The molecule has 1 aliphatic carbocycles. The monoisotopic (exact) mass is 246 g/mol. The molecule has 1 heterocycles. The smallest absolute Gasteiger partial charge is 0.122 e. The highest BCUT2D eigenvalue weighted by molar-refractivity contribution is 5.53. The van der Waals surface area contributed by atoms with Crippen LogP contribution in [0.5, 0.6) is 5.75 Å². The standard InChI is InChI=1S/C15H22N2O/c1-17(9-8-16-13-4-5-13)14-6-7-15-12(11-14)3-2-10-18-15/h6-7,11,13,16H,2-5,8-10H2,1H3. The third-order valence-electron chi connectivity index (χ3n) is 3.79. The molecule has 98 valence electrons. The van der Waals surface area contributed by atoms with E-state index in [1.165, 1.54) is 24.1 Å². The van der Waals surface area contributed by atoms with Gasteiger partial charge in [0.05, 0.1) is 6.61 Å². The van der Waals surface area contributed by atoms with Gasteiger partial charge in [0.15, 0.2) is 0 Å². The number of hydrogen-bond donors (Lipinski definition) is 1. The molecule has 0 atom stereocenters. The summed E-state index contributed by atoms with van der Waals surface area (Å²) in [6.07, 6.45) is 5.01. The van der Waals surface area contributed by atoms with Crippen molar-refractivity contribution in [3.63, 3.8) is 0 Å². The molecule has 1 fully saturated rings. The molecule has 1 aromatic carbocycles. The van der Waals surface area contributed by atoms with Gasteiger partial charge < -0.3 is 15.0 Å². The molecule has 0 bridgehead atoms. The van der Waals surface area contributed by atoms with E-state index in [-0.39, 0.29) is 0 Å². The number of fused-ring (bicyclic) bond motifs is 1. The fourth-order valence-electron chi connectivity index (χ4n) is 2.44. The predicted molar refractivity (Wildman–Crippen MR) is 74.6 cm³/mol. The molecule has 0 unspecified atom stereocenters. The summed E-state index contributed by atoms with van der Waals surface area (Å²) in [6.45, 7) is 3.01. The van der Waals surface area contributed by atoms with Gasteiger partial charge in [-0.1, -0.05) is 0 Å². The van der Waals surface area contributed by atoms with Crippen LogP contribution in [0, 0.1) is 0 Å². The third kappa shape index (κ3) is 2.78. The van der Waals surface area contributed by atoms with Gasteiger partial charge in [-0.25, -0.2) is 0 Å². The lowest BCUT2D eigenvalue weighted by Crippen LogP contribution is -2.30. The van der Waals surface area contributed by atoms with Crippen LogP contribution in [-0.4, -0.2) is 32.8 Å². The zero-order chi connectivity index (χ0) is 12.4. The van der Waals surface area contributed by atoms with Gasteiger partial charge in [0, 0.05) is 31.9 Å². The number of benzene rings is 1. The first-order chi connectivity index (χ1) is 8.83. The van der Waals surface area contributed by atoms with Crippen molar-refractivity contribution >= 4 is 5.69 Å². The largest absolute Gasteiger partial charge is 0.493 e. The van der Waals surface area contributed by atoms with E-state index in [1.807, 2.05) is 0 Å². The van der Waals surface area contributed by atoms with Crippen molar-refractivity contribution < 1.29 is 4.74 Å². The summed E-state index contributed by atoms with van der Waals surface area (Å²) < 4.78 is 5.65. The average Bonchev–Trinajstić information content (AvgIpc) is 3.22. The second-order valence-corrected chi connectivity index (χ2v) is 5.39. The van der Waals surface area contributed by atoms with Gasteiger partial charge in [-0.3, -0.25) is 0 Å². The third-order valence-corrected chi connectivity index (χ3v) is 3.79. The molecule has 0 aromatic heterocycles. The van der Waals surface area contributed by atoms with Gasteiger partial charge in [-0.15, -0.1) is 0 Å². The number of anilines is 1. The molecule has 1 N–H and O–H groups in total. The molecule has 0 saturated heterocycles. The molecular weight excluding hydrogens is 224 g/mol. The van der Waals surface area contributed by atoms with E-state index in [4.69, 9.17) is 4.74 Å². The second-order valence-electron chi connectivity index (χ2n) is 5.39. The van der Waals surface area contributed by atoms with E-state index in [0.29, 0.717) is 0 Å². The lowest BCUT2D eigenvalue weighted by Gasteiger charge is -2.23. The minimum absolute atomic E-state index is 0.801. The molecule has 0 amide bonds. The van der Waals surface area contributed by atoms with Gasteiger partial charge in [-0.05, 0) is 49.4 Å². The van der Waals surface area contributed by atoms with Crippen LogP contribution in [0.15, 0.2) is 18.2 Å². The van der Waals surface area contributed by atoms with Crippen molar-refractivity contribution in [2.45, 2.75) is 31.7 Å². The number of rotatable bonds is 5.